The quantitative estimate of drug-likeness (QED) is 0.775. The molecule has 0 radical (unpaired) electrons. The second kappa shape index (κ2) is 7.72. The molecule has 0 bridgehead atoms. The van der Waals surface area contributed by atoms with Crippen molar-refractivity contribution < 1.29 is 13.2 Å². The van der Waals surface area contributed by atoms with E-state index in [0.717, 1.165) is 22.2 Å². The fourth-order valence-corrected chi connectivity index (χ4v) is 3.85. The second-order valence-electron chi connectivity index (χ2n) is 7.17. The highest BCUT2D eigenvalue weighted by molar-refractivity contribution is 8.13. The monoisotopic (exact) mass is 392 g/mol. The van der Waals surface area contributed by atoms with Gasteiger partial charge in [-0.05, 0) is 59.1 Å². The number of nitrogens with zero attached hydrogens (tertiary/aromatic N) is 1. The van der Waals surface area contributed by atoms with E-state index in [4.69, 9.17) is 0 Å². The molecule has 0 aliphatic heterocycles. The van der Waals surface area contributed by atoms with Crippen LogP contribution in [0, 0.1) is 0 Å². The molecule has 0 atom stereocenters. The molecule has 0 unspecified atom stereocenters. The fraction of sp³-hybridized carbons (Fsp3) is 0.316. The van der Waals surface area contributed by atoms with Crippen LogP contribution in [0.5, 0.6) is 0 Å². The Hall–Kier alpha value is -1.99. The predicted molar refractivity (Wildman–Crippen MR) is 107 cm³/mol. The third-order valence-corrected chi connectivity index (χ3v) is 6.15. The van der Waals surface area contributed by atoms with E-state index < -0.39 is 10.0 Å². The predicted octanol–water partition coefficient (Wildman–Crippen LogP) is 4.56. The van der Waals surface area contributed by atoms with Crippen LogP contribution in [0.25, 0.3) is 0 Å². The van der Waals surface area contributed by atoms with Gasteiger partial charge in [0.25, 0.3) is 15.3 Å². The van der Waals surface area contributed by atoms with Gasteiger partial charge in [0.05, 0.1) is 4.90 Å². The van der Waals surface area contributed by atoms with E-state index in [1.54, 1.807) is 50.5 Å². The lowest BCUT2D eigenvalue weighted by Crippen LogP contribution is -2.16. The first-order chi connectivity index (χ1) is 12.0. The third kappa shape index (κ3) is 5.25. The maximum Gasteiger partial charge on any atom is 0.285 e. The van der Waals surface area contributed by atoms with Crippen molar-refractivity contribution in [1.82, 2.24) is 4.90 Å². The van der Waals surface area contributed by atoms with Gasteiger partial charge < -0.3 is 4.90 Å². The molecule has 0 saturated carbocycles. The van der Waals surface area contributed by atoms with E-state index >= 15 is 0 Å². The molecule has 0 fully saturated rings. The van der Waals surface area contributed by atoms with Crippen LogP contribution >= 0.6 is 11.8 Å². The third-order valence-electron chi connectivity index (χ3n) is 3.71. The number of amides is 1. The molecule has 140 valence electrons. The van der Waals surface area contributed by atoms with Crippen molar-refractivity contribution in [3.8, 4) is 0 Å². The first kappa shape index (κ1) is 20.3. The van der Waals surface area contributed by atoms with Crippen LogP contribution in [0.1, 0.15) is 26.3 Å². The zero-order valence-electron chi connectivity index (χ0n) is 15.6. The largest absolute Gasteiger partial charge is 0.339 e. The normalized spacial score (nSPS) is 11.9. The Morgan fingerprint density at radius 3 is 1.96 bits per heavy atom. The van der Waals surface area contributed by atoms with Crippen molar-refractivity contribution in [2.24, 2.45) is 0 Å². The highest BCUT2D eigenvalue weighted by Crippen LogP contribution is 2.26. The van der Waals surface area contributed by atoms with Gasteiger partial charge in [0.1, 0.15) is 0 Å². The van der Waals surface area contributed by atoms with E-state index in [1.807, 2.05) is 12.1 Å². The SMILES string of the molecule is CN(C)C(=O)Sc1ccc(NS(=O)(=O)c2ccc(C(C)(C)C)cc2)cc1. The van der Waals surface area contributed by atoms with Gasteiger partial charge in [-0.2, -0.15) is 0 Å². The summed E-state index contributed by atoms with van der Waals surface area (Å²) in [6.07, 6.45) is 0. The van der Waals surface area contributed by atoms with E-state index in [-0.39, 0.29) is 15.5 Å². The lowest BCUT2D eigenvalue weighted by Gasteiger charge is -2.19. The van der Waals surface area contributed by atoms with Gasteiger partial charge in [-0.3, -0.25) is 9.52 Å². The van der Waals surface area contributed by atoms with Crippen LogP contribution in [0.15, 0.2) is 58.3 Å². The number of nitrogens with one attached hydrogen (secondary N) is 1. The topological polar surface area (TPSA) is 66.5 Å². The molecular weight excluding hydrogens is 368 g/mol. The molecule has 5 nitrogen and oxygen atoms in total. The minimum Gasteiger partial charge on any atom is -0.339 e. The summed E-state index contributed by atoms with van der Waals surface area (Å²) in [4.78, 5) is 14.1. The highest BCUT2D eigenvalue weighted by atomic mass is 32.2. The summed E-state index contributed by atoms with van der Waals surface area (Å²) in [5, 5.41) is -0.0859. The lowest BCUT2D eigenvalue weighted by atomic mass is 9.87. The average molecular weight is 393 g/mol. The van der Waals surface area contributed by atoms with Crippen LogP contribution in [0.4, 0.5) is 10.5 Å². The molecule has 0 aromatic heterocycles. The van der Waals surface area contributed by atoms with Crippen LogP contribution in [-0.2, 0) is 15.4 Å². The molecule has 2 rings (SSSR count). The number of hydrogen-bond acceptors (Lipinski definition) is 4. The molecule has 1 N–H and O–H groups in total. The van der Waals surface area contributed by atoms with Gasteiger partial charge >= 0.3 is 0 Å². The maximum absolute atomic E-state index is 12.5. The first-order valence-corrected chi connectivity index (χ1v) is 10.4. The number of rotatable bonds is 4. The summed E-state index contributed by atoms with van der Waals surface area (Å²) >= 11 is 1.09. The molecule has 0 spiro atoms. The Kier molecular flexibility index (Phi) is 6.03. The second-order valence-corrected chi connectivity index (χ2v) is 9.87. The zero-order valence-corrected chi connectivity index (χ0v) is 17.2. The highest BCUT2D eigenvalue weighted by Gasteiger charge is 2.18. The molecule has 2 aromatic rings. The number of carbonyl (C=O) groups is 1. The summed E-state index contributed by atoms with van der Waals surface area (Å²) in [6.45, 7) is 6.24. The first-order valence-electron chi connectivity index (χ1n) is 8.11. The molecule has 0 saturated heterocycles. The van der Waals surface area contributed by atoms with Gasteiger partial charge in [-0.1, -0.05) is 32.9 Å². The minimum absolute atomic E-state index is 0.0345. The molecule has 0 heterocycles. The number of sulfonamides is 1. The van der Waals surface area contributed by atoms with Crippen molar-refractivity contribution in [1.29, 1.82) is 0 Å². The molecule has 1 amide bonds. The average Bonchev–Trinajstić information content (AvgIpc) is 2.55. The van der Waals surface area contributed by atoms with Gasteiger partial charge in [0.15, 0.2) is 0 Å². The number of benzene rings is 2. The van der Waals surface area contributed by atoms with Crippen molar-refractivity contribution >= 4 is 32.7 Å². The maximum atomic E-state index is 12.5. The van der Waals surface area contributed by atoms with Gasteiger partial charge in [0.2, 0.25) is 0 Å². The minimum atomic E-state index is -3.66. The van der Waals surface area contributed by atoms with Crippen molar-refractivity contribution in [2.75, 3.05) is 18.8 Å². The fourth-order valence-electron chi connectivity index (χ4n) is 2.13. The summed E-state index contributed by atoms with van der Waals surface area (Å²) in [5.74, 6) is 0. The molecule has 26 heavy (non-hydrogen) atoms. The lowest BCUT2D eigenvalue weighted by molar-refractivity contribution is 0.241. The Morgan fingerprint density at radius 2 is 1.50 bits per heavy atom. The standard InChI is InChI=1S/C19H24N2O3S2/c1-19(2,3)14-6-12-17(13-7-14)26(23,24)20-15-8-10-16(11-9-15)25-18(22)21(4)5/h6-13,20H,1-5H3. The molecule has 7 heteroatoms. The van der Waals surface area contributed by atoms with Crippen molar-refractivity contribution in [3.63, 3.8) is 0 Å². The molecule has 0 aliphatic rings. The Labute approximate surface area is 159 Å². The summed E-state index contributed by atoms with van der Waals surface area (Å²) in [6, 6.07) is 13.6. The Bertz CT molecular complexity index is 866. The van der Waals surface area contributed by atoms with E-state index in [9.17, 15) is 13.2 Å². The van der Waals surface area contributed by atoms with E-state index in [0.29, 0.717) is 5.69 Å². The van der Waals surface area contributed by atoms with Gasteiger partial charge in [-0.15, -0.1) is 0 Å². The summed E-state index contributed by atoms with van der Waals surface area (Å²) < 4.78 is 27.6. The Balaban J connectivity index is 2.13. The number of thioether (sulfide) groups is 1. The van der Waals surface area contributed by atoms with E-state index in [1.165, 1.54) is 4.90 Å². The van der Waals surface area contributed by atoms with Gasteiger partial charge in [0, 0.05) is 24.7 Å². The van der Waals surface area contributed by atoms with E-state index in [2.05, 4.69) is 25.5 Å². The van der Waals surface area contributed by atoms with Crippen molar-refractivity contribution in [2.45, 2.75) is 36.0 Å². The van der Waals surface area contributed by atoms with Crippen LogP contribution in [0.3, 0.4) is 0 Å². The Morgan fingerprint density at radius 1 is 0.962 bits per heavy atom. The van der Waals surface area contributed by atoms with Crippen molar-refractivity contribution in [3.05, 3.63) is 54.1 Å². The molecule has 2 aromatic carbocycles. The summed E-state index contributed by atoms with van der Waals surface area (Å²) in [5.41, 5.74) is 1.49. The van der Waals surface area contributed by atoms with Crippen LogP contribution < -0.4 is 4.72 Å². The smallest absolute Gasteiger partial charge is 0.285 e. The number of anilines is 1. The van der Waals surface area contributed by atoms with Crippen LogP contribution in [-0.4, -0.2) is 32.7 Å². The number of carbonyl (C=O) groups excluding carboxylic acids is 1. The zero-order chi connectivity index (χ0) is 19.5. The molecular formula is C19H24N2O3S2. The molecule has 0 aliphatic carbocycles. The summed E-state index contributed by atoms with van der Waals surface area (Å²) in [7, 11) is -0.290. The van der Waals surface area contributed by atoms with Gasteiger partial charge in [-0.25, -0.2) is 8.42 Å². The number of hydrogen-bond donors (Lipinski definition) is 1. The van der Waals surface area contributed by atoms with Crippen LogP contribution in [0.2, 0.25) is 0 Å².